The normalized spacial score (nSPS) is 18.7. The lowest BCUT2D eigenvalue weighted by atomic mass is 10.2. The molecule has 6 heteroatoms. The number of hydrogen-bond acceptors (Lipinski definition) is 3. The van der Waals surface area contributed by atoms with Crippen LogP contribution >= 0.6 is 15.9 Å². The largest absolute Gasteiger partial charge is 0.304 e. The van der Waals surface area contributed by atoms with Gasteiger partial charge in [0.1, 0.15) is 0 Å². The maximum absolute atomic E-state index is 12.7. The second-order valence-corrected chi connectivity index (χ2v) is 7.83. The zero-order valence-corrected chi connectivity index (χ0v) is 13.9. The Morgan fingerprint density at radius 2 is 1.63 bits per heavy atom. The average molecular weight is 347 g/mol. The molecule has 4 nitrogen and oxygen atoms in total. The first-order valence-corrected chi connectivity index (χ1v) is 8.51. The van der Waals surface area contributed by atoms with Crippen LogP contribution in [0.3, 0.4) is 0 Å². The Morgan fingerprint density at radius 1 is 1.05 bits per heavy atom. The predicted molar refractivity (Wildman–Crippen MR) is 79.9 cm³/mol. The van der Waals surface area contributed by atoms with Crippen LogP contribution in [0.4, 0.5) is 0 Å². The lowest BCUT2D eigenvalue weighted by Gasteiger charge is -2.32. The molecule has 0 amide bonds. The van der Waals surface area contributed by atoms with Gasteiger partial charge in [-0.25, -0.2) is 8.42 Å². The maximum Gasteiger partial charge on any atom is 0.243 e. The Bertz CT molecular complexity index is 579. The molecular formula is C13H19BrN2O2S. The highest BCUT2D eigenvalue weighted by molar-refractivity contribution is 9.10. The molecule has 0 spiro atoms. The van der Waals surface area contributed by atoms with Gasteiger partial charge in [-0.2, -0.15) is 4.31 Å². The molecule has 1 fully saturated rings. The minimum atomic E-state index is -3.38. The third kappa shape index (κ3) is 3.02. The molecule has 1 aliphatic rings. The van der Waals surface area contributed by atoms with Gasteiger partial charge in [0.15, 0.2) is 0 Å². The monoisotopic (exact) mass is 346 g/mol. The van der Waals surface area contributed by atoms with Crippen molar-refractivity contribution in [3.05, 3.63) is 27.7 Å². The molecule has 0 saturated carbocycles. The summed E-state index contributed by atoms with van der Waals surface area (Å²) in [6.45, 7) is 6.50. The van der Waals surface area contributed by atoms with Gasteiger partial charge in [-0.15, -0.1) is 0 Å². The van der Waals surface area contributed by atoms with Crippen molar-refractivity contribution < 1.29 is 8.42 Å². The van der Waals surface area contributed by atoms with Crippen LogP contribution in [0.2, 0.25) is 0 Å². The number of piperazine rings is 1. The highest BCUT2D eigenvalue weighted by Gasteiger charge is 2.28. The molecule has 1 heterocycles. The van der Waals surface area contributed by atoms with Crippen LogP contribution in [0.15, 0.2) is 21.5 Å². The zero-order valence-electron chi connectivity index (χ0n) is 11.5. The molecule has 0 aliphatic carbocycles. The highest BCUT2D eigenvalue weighted by atomic mass is 79.9. The first kappa shape index (κ1) is 15.0. The maximum atomic E-state index is 12.7. The molecule has 2 rings (SSSR count). The van der Waals surface area contributed by atoms with E-state index in [4.69, 9.17) is 0 Å². The van der Waals surface area contributed by atoms with Crippen LogP contribution in [0, 0.1) is 13.8 Å². The molecule has 1 aromatic carbocycles. The Kier molecular flexibility index (Phi) is 4.35. The molecule has 106 valence electrons. The van der Waals surface area contributed by atoms with Crippen molar-refractivity contribution in [1.29, 1.82) is 0 Å². The lowest BCUT2D eigenvalue weighted by Crippen LogP contribution is -2.47. The van der Waals surface area contributed by atoms with Gasteiger partial charge >= 0.3 is 0 Å². The summed E-state index contributed by atoms with van der Waals surface area (Å²) in [5.41, 5.74) is 1.86. The van der Waals surface area contributed by atoms with Gasteiger partial charge in [-0.1, -0.05) is 22.0 Å². The second-order valence-electron chi connectivity index (χ2n) is 5.07. The number of hydrogen-bond donors (Lipinski definition) is 0. The summed E-state index contributed by atoms with van der Waals surface area (Å²) < 4.78 is 27.7. The Labute approximate surface area is 123 Å². The number of aryl methyl sites for hydroxylation is 2. The van der Waals surface area contributed by atoms with E-state index in [1.807, 2.05) is 27.0 Å². The van der Waals surface area contributed by atoms with E-state index in [0.717, 1.165) is 28.7 Å². The topological polar surface area (TPSA) is 40.6 Å². The van der Waals surface area contributed by atoms with E-state index >= 15 is 0 Å². The van der Waals surface area contributed by atoms with E-state index in [1.165, 1.54) is 0 Å². The van der Waals surface area contributed by atoms with E-state index < -0.39 is 10.0 Å². The molecular weight excluding hydrogens is 328 g/mol. The fourth-order valence-electron chi connectivity index (χ4n) is 2.25. The molecule has 0 atom stereocenters. The third-order valence-electron chi connectivity index (χ3n) is 3.54. The van der Waals surface area contributed by atoms with Crippen molar-refractivity contribution >= 4 is 26.0 Å². The summed E-state index contributed by atoms with van der Waals surface area (Å²) >= 11 is 3.42. The first-order chi connectivity index (χ1) is 8.82. The molecule has 1 saturated heterocycles. The highest BCUT2D eigenvalue weighted by Crippen LogP contribution is 2.27. The predicted octanol–water partition coefficient (Wildman–Crippen LogP) is 2.00. The van der Waals surface area contributed by atoms with Gasteiger partial charge in [0.2, 0.25) is 10.0 Å². The molecule has 0 aromatic heterocycles. The average Bonchev–Trinajstić information content (AvgIpc) is 2.34. The van der Waals surface area contributed by atoms with Crippen LogP contribution < -0.4 is 0 Å². The quantitative estimate of drug-likeness (QED) is 0.822. The summed E-state index contributed by atoms with van der Waals surface area (Å²) in [7, 11) is -1.37. The second kappa shape index (κ2) is 5.52. The van der Waals surface area contributed by atoms with Crippen LogP contribution in [0.1, 0.15) is 11.1 Å². The van der Waals surface area contributed by atoms with E-state index in [1.54, 1.807) is 10.4 Å². The van der Waals surface area contributed by atoms with Crippen molar-refractivity contribution in [2.75, 3.05) is 33.2 Å². The lowest BCUT2D eigenvalue weighted by molar-refractivity contribution is 0.222. The van der Waals surface area contributed by atoms with E-state index in [0.29, 0.717) is 18.0 Å². The number of nitrogens with zero attached hydrogens (tertiary/aromatic N) is 2. The number of likely N-dealkylation sites (N-methyl/N-ethyl adjacent to an activating group) is 1. The van der Waals surface area contributed by atoms with Crippen LogP contribution in [0.5, 0.6) is 0 Å². The Hall–Kier alpha value is -0.430. The summed E-state index contributed by atoms with van der Waals surface area (Å²) in [6, 6.07) is 3.63. The number of benzene rings is 1. The summed E-state index contributed by atoms with van der Waals surface area (Å²) in [4.78, 5) is 2.55. The number of rotatable bonds is 2. The van der Waals surface area contributed by atoms with Crippen LogP contribution in [0.25, 0.3) is 0 Å². The van der Waals surface area contributed by atoms with Crippen molar-refractivity contribution in [2.24, 2.45) is 0 Å². The van der Waals surface area contributed by atoms with Gasteiger partial charge in [0.25, 0.3) is 0 Å². The summed E-state index contributed by atoms with van der Waals surface area (Å²) in [6.07, 6.45) is 0. The molecule has 0 N–H and O–H groups in total. The summed E-state index contributed by atoms with van der Waals surface area (Å²) in [5.74, 6) is 0. The van der Waals surface area contributed by atoms with Gasteiger partial charge < -0.3 is 4.90 Å². The van der Waals surface area contributed by atoms with E-state index in [2.05, 4.69) is 20.8 Å². The molecule has 19 heavy (non-hydrogen) atoms. The number of sulfonamides is 1. The molecule has 1 aromatic rings. The molecule has 1 aliphatic heterocycles. The standard InChI is InChI=1S/C13H19BrN2O2S/c1-10-8-11(2)13(9-12(10)14)19(17,18)16-6-4-15(3)5-7-16/h8-9H,4-7H2,1-3H3. The van der Waals surface area contributed by atoms with Crippen LogP contribution in [-0.2, 0) is 10.0 Å². The first-order valence-electron chi connectivity index (χ1n) is 6.28. The van der Waals surface area contributed by atoms with Gasteiger partial charge in [0, 0.05) is 30.7 Å². The third-order valence-corrected chi connectivity index (χ3v) is 6.43. The van der Waals surface area contributed by atoms with Gasteiger partial charge in [-0.05, 0) is 38.1 Å². The van der Waals surface area contributed by atoms with Crippen molar-refractivity contribution in [3.8, 4) is 0 Å². The van der Waals surface area contributed by atoms with Gasteiger partial charge in [0.05, 0.1) is 4.90 Å². The molecule has 0 radical (unpaired) electrons. The van der Waals surface area contributed by atoms with Crippen LogP contribution in [-0.4, -0.2) is 50.8 Å². The zero-order chi connectivity index (χ0) is 14.2. The van der Waals surface area contributed by atoms with Crippen molar-refractivity contribution in [2.45, 2.75) is 18.7 Å². The Morgan fingerprint density at radius 3 is 2.21 bits per heavy atom. The fourth-order valence-corrected chi connectivity index (χ4v) is 4.40. The summed E-state index contributed by atoms with van der Waals surface area (Å²) in [5, 5.41) is 0. The van der Waals surface area contributed by atoms with Gasteiger partial charge in [-0.3, -0.25) is 0 Å². The smallest absolute Gasteiger partial charge is 0.243 e. The van der Waals surface area contributed by atoms with Crippen molar-refractivity contribution in [1.82, 2.24) is 9.21 Å². The minimum absolute atomic E-state index is 0.412. The van der Waals surface area contributed by atoms with E-state index in [9.17, 15) is 8.42 Å². The molecule has 0 bridgehead atoms. The minimum Gasteiger partial charge on any atom is -0.304 e. The van der Waals surface area contributed by atoms with E-state index in [-0.39, 0.29) is 0 Å². The SMILES string of the molecule is Cc1cc(C)c(S(=O)(=O)N2CCN(C)CC2)cc1Br. The molecule has 0 unspecified atom stereocenters. The number of halogens is 1. The fraction of sp³-hybridized carbons (Fsp3) is 0.538. The van der Waals surface area contributed by atoms with Crippen molar-refractivity contribution in [3.63, 3.8) is 0 Å². The Balaban J connectivity index is 2.37.